The first-order valence-corrected chi connectivity index (χ1v) is 9.05. The summed E-state index contributed by atoms with van der Waals surface area (Å²) >= 11 is 0. The van der Waals surface area contributed by atoms with E-state index in [1.165, 1.54) is 5.56 Å². The van der Waals surface area contributed by atoms with Crippen molar-refractivity contribution in [3.8, 4) is 11.5 Å². The number of rotatable bonds is 9. The molecule has 4 heteroatoms. The van der Waals surface area contributed by atoms with Crippen LogP contribution >= 0.6 is 0 Å². The summed E-state index contributed by atoms with van der Waals surface area (Å²) in [4.78, 5) is 0. The molecule has 27 heavy (non-hydrogen) atoms. The number of hydrogen-bond acceptors (Lipinski definition) is 4. The second-order valence-electron chi connectivity index (χ2n) is 6.28. The standard InChI is InChI=1S/C23H25NO3/c1-26-21-14-8-9-15-22(21)27-23(19-12-6-3-7-13-19)20(25)17-24-16-18-10-4-2-5-11-18/h2-15,20,23-25H,16-17H2,1H3. The van der Waals surface area contributed by atoms with Gasteiger partial charge in [-0.15, -0.1) is 0 Å². The van der Waals surface area contributed by atoms with Crippen LogP contribution in [-0.2, 0) is 6.54 Å². The van der Waals surface area contributed by atoms with Crippen LogP contribution in [0, 0.1) is 0 Å². The van der Waals surface area contributed by atoms with Gasteiger partial charge in [0.1, 0.15) is 6.10 Å². The Bertz CT molecular complexity index is 808. The zero-order chi connectivity index (χ0) is 18.9. The minimum absolute atomic E-state index is 0.406. The lowest BCUT2D eigenvalue weighted by atomic mass is 10.0. The summed E-state index contributed by atoms with van der Waals surface area (Å²) < 4.78 is 11.6. The Morgan fingerprint density at radius 2 is 1.41 bits per heavy atom. The van der Waals surface area contributed by atoms with E-state index in [4.69, 9.17) is 9.47 Å². The Kier molecular flexibility index (Phi) is 6.85. The number of benzene rings is 3. The monoisotopic (exact) mass is 363 g/mol. The van der Waals surface area contributed by atoms with Crippen molar-refractivity contribution in [2.75, 3.05) is 13.7 Å². The molecule has 2 unspecified atom stereocenters. The number of para-hydroxylation sites is 2. The number of ether oxygens (including phenoxy) is 2. The Balaban J connectivity index is 1.71. The summed E-state index contributed by atoms with van der Waals surface area (Å²) in [5.74, 6) is 1.25. The first kappa shape index (κ1) is 19.0. The van der Waals surface area contributed by atoms with Gasteiger partial charge >= 0.3 is 0 Å². The minimum atomic E-state index is -0.721. The minimum Gasteiger partial charge on any atom is -0.493 e. The van der Waals surface area contributed by atoms with E-state index in [0.29, 0.717) is 24.6 Å². The van der Waals surface area contributed by atoms with E-state index in [1.54, 1.807) is 7.11 Å². The molecule has 2 atom stereocenters. The van der Waals surface area contributed by atoms with E-state index in [9.17, 15) is 5.11 Å². The van der Waals surface area contributed by atoms with Gasteiger partial charge in [0.2, 0.25) is 0 Å². The predicted octanol–water partition coefficient (Wildman–Crippen LogP) is 3.97. The highest BCUT2D eigenvalue weighted by atomic mass is 16.5. The maximum Gasteiger partial charge on any atom is 0.162 e. The van der Waals surface area contributed by atoms with Crippen LogP contribution in [0.5, 0.6) is 11.5 Å². The lowest BCUT2D eigenvalue weighted by molar-refractivity contribution is 0.0340. The van der Waals surface area contributed by atoms with E-state index in [0.717, 1.165) is 5.56 Å². The van der Waals surface area contributed by atoms with E-state index >= 15 is 0 Å². The van der Waals surface area contributed by atoms with Crippen molar-refractivity contribution in [1.82, 2.24) is 5.32 Å². The molecular weight excluding hydrogens is 338 g/mol. The smallest absolute Gasteiger partial charge is 0.162 e. The normalized spacial score (nSPS) is 13.0. The van der Waals surface area contributed by atoms with Crippen molar-refractivity contribution >= 4 is 0 Å². The van der Waals surface area contributed by atoms with Gasteiger partial charge in [0.25, 0.3) is 0 Å². The third kappa shape index (κ3) is 5.33. The van der Waals surface area contributed by atoms with Crippen molar-refractivity contribution in [1.29, 1.82) is 0 Å². The summed E-state index contributed by atoms with van der Waals surface area (Å²) in [6.07, 6.45) is -1.23. The molecule has 0 saturated heterocycles. The number of aliphatic hydroxyl groups is 1. The summed E-state index contributed by atoms with van der Waals surface area (Å²) in [6, 6.07) is 27.3. The zero-order valence-electron chi connectivity index (χ0n) is 15.4. The molecule has 0 saturated carbocycles. The number of hydrogen-bond donors (Lipinski definition) is 2. The van der Waals surface area contributed by atoms with Gasteiger partial charge in [0, 0.05) is 13.1 Å². The number of nitrogens with one attached hydrogen (secondary N) is 1. The Labute approximate surface area is 160 Å². The van der Waals surface area contributed by atoms with Crippen molar-refractivity contribution in [3.05, 3.63) is 96.1 Å². The Morgan fingerprint density at radius 3 is 2.07 bits per heavy atom. The van der Waals surface area contributed by atoms with Crippen LogP contribution in [0.4, 0.5) is 0 Å². The Morgan fingerprint density at radius 1 is 0.815 bits per heavy atom. The fraction of sp³-hybridized carbons (Fsp3) is 0.217. The molecule has 0 spiro atoms. The molecule has 0 radical (unpaired) electrons. The topological polar surface area (TPSA) is 50.7 Å². The van der Waals surface area contributed by atoms with Gasteiger partial charge in [-0.3, -0.25) is 0 Å². The van der Waals surface area contributed by atoms with Crippen LogP contribution in [0.1, 0.15) is 17.2 Å². The molecule has 3 rings (SSSR count). The summed E-state index contributed by atoms with van der Waals surface area (Å²) in [7, 11) is 1.61. The van der Waals surface area contributed by atoms with Crippen molar-refractivity contribution in [2.24, 2.45) is 0 Å². The lowest BCUT2D eigenvalue weighted by Crippen LogP contribution is -2.34. The Hall–Kier alpha value is -2.82. The maximum atomic E-state index is 10.8. The van der Waals surface area contributed by atoms with Crippen LogP contribution in [0.2, 0.25) is 0 Å². The second kappa shape index (κ2) is 9.76. The van der Waals surface area contributed by atoms with Crippen LogP contribution in [0.3, 0.4) is 0 Å². The van der Waals surface area contributed by atoms with Gasteiger partial charge in [-0.05, 0) is 23.3 Å². The van der Waals surface area contributed by atoms with Crippen molar-refractivity contribution < 1.29 is 14.6 Å². The first-order valence-electron chi connectivity index (χ1n) is 9.05. The summed E-state index contributed by atoms with van der Waals surface area (Å²) in [5, 5.41) is 14.1. The molecule has 0 aliphatic carbocycles. The molecular formula is C23H25NO3. The second-order valence-corrected chi connectivity index (χ2v) is 6.28. The van der Waals surface area contributed by atoms with Gasteiger partial charge in [0.05, 0.1) is 7.11 Å². The van der Waals surface area contributed by atoms with Gasteiger partial charge in [-0.2, -0.15) is 0 Å². The van der Waals surface area contributed by atoms with Gasteiger partial charge in [-0.1, -0.05) is 72.8 Å². The highest BCUT2D eigenvalue weighted by Gasteiger charge is 2.24. The van der Waals surface area contributed by atoms with Crippen LogP contribution in [-0.4, -0.2) is 24.9 Å². The van der Waals surface area contributed by atoms with E-state index < -0.39 is 12.2 Å². The SMILES string of the molecule is COc1ccccc1OC(c1ccccc1)C(O)CNCc1ccccc1. The molecule has 140 valence electrons. The fourth-order valence-electron chi connectivity index (χ4n) is 2.93. The van der Waals surface area contributed by atoms with Crippen molar-refractivity contribution in [3.63, 3.8) is 0 Å². The van der Waals surface area contributed by atoms with Crippen molar-refractivity contribution in [2.45, 2.75) is 18.8 Å². The average molecular weight is 363 g/mol. The van der Waals surface area contributed by atoms with E-state index in [1.807, 2.05) is 72.8 Å². The molecule has 0 amide bonds. The highest BCUT2D eigenvalue weighted by molar-refractivity contribution is 5.40. The highest BCUT2D eigenvalue weighted by Crippen LogP contribution is 2.32. The first-order chi connectivity index (χ1) is 13.3. The molecule has 3 aromatic carbocycles. The molecule has 0 heterocycles. The van der Waals surface area contributed by atoms with Crippen LogP contribution < -0.4 is 14.8 Å². The van der Waals surface area contributed by atoms with Crippen LogP contribution in [0.15, 0.2) is 84.9 Å². The third-order valence-electron chi connectivity index (χ3n) is 4.33. The number of methoxy groups -OCH3 is 1. The van der Waals surface area contributed by atoms with Gasteiger partial charge < -0.3 is 19.9 Å². The third-order valence-corrected chi connectivity index (χ3v) is 4.33. The molecule has 0 aliphatic heterocycles. The summed E-state index contributed by atoms with van der Waals surface area (Å²) in [5.41, 5.74) is 2.09. The molecule has 0 fully saturated rings. The summed E-state index contributed by atoms with van der Waals surface area (Å²) in [6.45, 7) is 1.09. The largest absolute Gasteiger partial charge is 0.493 e. The molecule has 0 bridgehead atoms. The molecule has 2 N–H and O–H groups in total. The predicted molar refractivity (Wildman–Crippen MR) is 107 cm³/mol. The number of aliphatic hydroxyl groups excluding tert-OH is 1. The van der Waals surface area contributed by atoms with E-state index in [-0.39, 0.29) is 0 Å². The average Bonchev–Trinajstić information content (AvgIpc) is 2.73. The molecule has 3 aromatic rings. The lowest BCUT2D eigenvalue weighted by Gasteiger charge is -2.26. The molecule has 0 aromatic heterocycles. The quantitative estimate of drug-likeness (QED) is 0.604. The molecule has 0 aliphatic rings. The maximum absolute atomic E-state index is 10.8. The zero-order valence-corrected chi connectivity index (χ0v) is 15.4. The van der Waals surface area contributed by atoms with E-state index in [2.05, 4.69) is 17.4 Å². The van der Waals surface area contributed by atoms with Crippen LogP contribution in [0.25, 0.3) is 0 Å². The molecule has 4 nitrogen and oxygen atoms in total. The van der Waals surface area contributed by atoms with Gasteiger partial charge in [-0.25, -0.2) is 0 Å². The fourth-order valence-corrected chi connectivity index (χ4v) is 2.93. The van der Waals surface area contributed by atoms with Gasteiger partial charge in [0.15, 0.2) is 17.6 Å².